The Morgan fingerprint density at radius 3 is 2.73 bits per heavy atom. The largest absolute Gasteiger partial charge is 0.394 e. The van der Waals surface area contributed by atoms with E-state index in [-0.39, 0.29) is 24.3 Å². The number of ether oxygens (including phenoxy) is 1. The van der Waals surface area contributed by atoms with Gasteiger partial charge in [0.15, 0.2) is 6.23 Å². The fourth-order valence-corrected chi connectivity index (χ4v) is 3.45. The maximum Gasteiger partial charge on any atom is 0.330 e. The van der Waals surface area contributed by atoms with Crippen LogP contribution in [0, 0.1) is 6.92 Å². The third kappa shape index (κ3) is 2.88. The molecule has 2 fully saturated rings. The molecule has 0 radical (unpaired) electrons. The molecular formula is C15H23N3O4. The maximum atomic E-state index is 12.1. The molecule has 3 atom stereocenters. The van der Waals surface area contributed by atoms with Gasteiger partial charge >= 0.3 is 5.69 Å². The Morgan fingerprint density at radius 1 is 1.32 bits per heavy atom. The third-order valence-electron chi connectivity index (χ3n) is 4.65. The summed E-state index contributed by atoms with van der Waals surface area (Å²) in [6.45, 7) is 3.58. The van der Waals surface area contributed by atoms with E-state index in [0.29, 0.717) is 12.0 Å². The number of nitrogens with zero attached hydrogens (tertiary/aromatic N) is 2. The van der Waals surface area contributed by atoms with Crippen LogP contribution in [0.1, 0.15) is 37.5 Å². The van der Waals surface area contributed by atoms with Crippen LogP contribution in [-0.4, -0.2) is 51.4 Å². The first-order chi connectivity index (χ1) is 10.6. The van der Waals surface area contributed by atoms with E-state index >= 15 is 0 Å². The summed E-state index contributed by atoms with van der Waals surface area (Å²) < 4.78 is 7.35. The van der Waals surface area contributed by atoms with Crippen LogP contribution in [0.5, 0.6) is 0 Å². The Labute approximate surface area is 128 Å². The highest BCUT2D eigenvalue weighted by Gasteiger charge is 2.40. The number of aliphatic hydroxyl groups excluding tert-OH is 1. The van der Waals surface area contributed by atoms with Gasteiger partial charge in [-0.1, -0.05) is 6.42 Å². The highest BCUT2D eigenvalue weighted by molar-refractivity contribution is 5.03. The highest BCUT2D eigenvalue weighted by atomic mass is 16.5. The summed E-state index contributed by atoms with van der Waals surface area (Å²) in [4.78, 5) is 28.4. The standard InChI is InChI=1S/C15H23N3O4/c1-10-8-18(15(21)16-13(10)20)14-12(7-11(9-19)22-14)17-5-3-2-4-6-17/h8,11-12,14,19H,2-7,9H2,1H3,(H,16,20,21)/t11-,12+,14+/m0/s1. The molecular weight excluding hydrogens is 286 g/mol. The Balaban J connectivity index is 1.93. The van der Waals surface area contributed by atoms with Gasteiger partial charge in [0.25, 0.3) is 5.56 Å². The van der Waals surface area contributed by atoms with Gasteiger partial charge in [-0.05, 0) is 39.3 Å². The summed E-state index contributed by atoms with van der Waals surface area (Å²) >= 11 is 0. The number of aromatic amines is 1. The Morgan fingerprint density at radius 2 is 2.05 bits per heavy atom. The minimum Gasteiger partial charge on any atom is -0.394 e. The summed E-state index contributed by atoms with van der Waals surface area (Å²) in [6.07, 6.45) is 5.05. The van der Waals surface area contributed by atoms with Crippen molar-refractivity contribution in [1.29, 1.82) is 0 Å². The second-order valence-corrected chi connectivity index (χ2v) is 6.21. The average Bonchev–Trinajstić information content (AvgIpc) is 2.96. The topological polar surface area (TPSA) is 87.6 Å². The first-order valence-corrected chi connectivity index (χ1v) is 7.92. The van der Waals surface area contributed by atoms with Gasteiger partial charge in [0.05, 0.1) is 18.8 Å². The zero-order valence-electron chi connectivity index (χ0n) is 12.8. The quantitative estimate of drug-likeness (QED) is 0.819. The van der Waals surface area contributed by atoms with Gasteiger partial charge < -0.3 is 9.84 Å². The van der Waals surface area contributed by atoms with Crippen molar-refractivity contribution in [2.24, 2.45) is 0 Å². The Kier molecular flexibility index (Phi) is 4.46. The second-order valence-electron chi connectivity index (χ2n) is 6.21. The van der Waals surface area contributed by atoms with Crippen molar-refractivity contribution in [2.75, 3.05) is 19.7 Å². The highest BCUT2D eigenvalue weighted by Crippen LogP contribution is 2.33. The van der Waals surface area contributed by atoms with Gasteiger partial charge in [-0.3, -0.25) is 19.2 Å². The number of hydrogen-bond donors (Lipinski definition) is 2. The molecule has 0 aliphatic carbocycles. The number of nitrogens with one attached hydrogen (secondary N) is 1. The summed E-state index contributed by atoms with van der Waals surface area (Å²) in [6, 6.07) is 0.0560. The molecule has 2 saturated heterocycles. The maximum absolute atomic E-state index is 12.1. The van der Waals surface area contributed by atoms with Gasteiger partial charge in [0.1, 0.15) is 0 Å². The monoisotopic (exact) mass is 309 g/mol. The molecule has 0 unspecified atom stereocenters. The fraction of sp³-hybridized carbons (Fsp3) is 0.733. The van der Waals surface area contributed by atoms with E-state index in [2.05, 4.69) is 9.88 Å². The van der Waals surface area contributed by atoms with Crippen LogP contribution in [0.2, 0.25) is 0 Å². The van der Waals surface area contributed by atoms with Crippen molar-refractivity contribution in [2.45, 2.75) is 51.0 Å². The molecule has 0 bridgehead atoms. The molecule has 1 aromatic rings. The molecule has 0 saturated carbocycles. The molecule has 7 heteroatoms. The van der Waals surface area contributed by atoms with Crippen molar-refractivity contribution >= 4 is 0 Å². The molecule has 122 valence electrons. The van der Waals surface area contributed by atoms with Gasteiger partial charge in [0.2, 0.25) is 0 Å². The van der Waals surface area contributed by atoms with E-state index in [1.165, 1.54) is 11.0 Å². The van der Waals surface area contributed by atoms with E-state index in [0.717, 1.165) is 25.9 Å². The van der Waals surface area contributed by atoms with Crippen LogP contribution in [0.15, 0.2) is 15.8 Å². The molecule has 7 nitrogen and oxygen atoms in total. The van der Waals surface area contributed by atoms with Gasteiger partial charge in [-0.25, -0.2) is 4.79 Å². The number of aliphatic hydroxyl groups is 1. The summed E-state index contributed by atoms with van der Waals surface area (Å²) in [5.74, 6) is 0. The van der Waals surface area contributed by atoms with Gasteiger partial charge in [-0.2, -0.15) is 0 Å². The first kappa shape index (κ1) is 15.5. The molecule has 2 aliphatic rings. The van der Waals surface area contributed by atoms with Crippen molar-refractivity contribution in [3.05, 3.63) is 32.6 Å². The number of H-pyrrole nitrogens is 1. The van der Waals surface area contributed by atoms with Crippen molar-refractivity contribution in [3.63, 3.8) is 0 Å². The molecule has 3 rings (SSSR count). The predicted octanol–water partition coefficient (Wildman–Crippen LogP) is -0.0207. The smallest absolute Gasteiger partial charge is 0.330 e. The number of likely N-dealkylation sites (tertiary alicyclic amines) is 1. The second kappa shape index (κ2) is 6.36. The summed E-state index contributed by atoms with van der Waals surface area (Å²) in [5.41, 5.74) is -0.346. The van der Waals surface area contributed by atoms with Crippen molar-refractivity contribution in [3.8, 4) is 0 Å². The van der Waals surface area contributed by atoms with Crippen LogP contribution in [-0.2, 0) is 4.74 Å². The van der Waals surface area contributed by atoms with E-state index in [1.807, 2.05) is 0 Å². The predicted molar refractivity (Wildman–Crippen MR) is 80.9 cm³/mol. The Bertz CT molecular complexity index is 632. The molecule has 3 heterocycles. The van der Waals surface area contributed by atoms with Gasteiger partial charge in [-0.15, -0.1) is 0 Å². The lowest BCUT2D eigenvalue weighted by Crippen LogP contribution is -2.45. The number of hydrogen-bond acceptors (Lipinski definition) is 5. The number of aryl methyl sites for hydroxylation is 1. The van der Waals surface area contributed by atoms with Crippen molar-refractivity contribution in [1.82, 2.24) is 14.5 Å². The molecule has 2 N–H and O–H groups in total. The molecule has 1 aromatic heterocycles. The molecule has 2 aliphatic heterocycles. The van der Waals surface area contributed by atoms with Crippen molar-refractivity contribution < 1.29 is 9.84 Å². The molecule has 0 aromatic carbocycles. The normalized spacial score (nSPS) is 29.8. The number of aromatic nitrogens is 2. The molecule has 0 spiro atoms. The fourth-order valence-electron chi connectivity index (χ4n) is 3.45. The Hall–Kier alpha value is -1.44. The SMILES string of the molecule is Cc1cn([C@@H]2O[C@H](CO)C[C@H]2N2CCCCC2)c(=O)[nH]c1=O. The average molecular weight is 309 g/mol. The molecule has 22 heavy (non-hydrogen) atoms. The first-order valence-electron chi connectivity index (χ1n) is 7.92. The summed E-state index contributed by atoms with van der Waals surface area (Å²) in [5, 5.41) is 9.43. The van der Waals surface area contributed by atoms with E-state index < -0.39 is 11.9 Å². The van der Waals surface area contributed by atoms with Crippen LogP contribution in [0.4, 0.5) is 0 Å². The number of piperidine rings is 1. The lowest BCUT2D eigenvalue weighted by Gasteiger charge is -2.35. The lowest BCUT2D eigenvalue weighted by molar-refractivity contribution is -0.0455. The van der Waals surface area contributed by atoms with Crippen LogP contribution in [0.3, 0.4) is 0 Å². The lowest BCUT2D eigenvalue weighted by atomic mass is 10.0. The zero-order valence-corrected chi connectivity index (χ0v) is 12.8. The van der Waals surface area contributed by atoms with Crippen LogP contribution < -0.4 is 11.2 Å². The van der Waals surface area contributed by atoms with Crippen LogP contribution in [0.25, 0.3) is 0 Å². The van der Waals surface area contributed by atoms with Gasteiger partial charge in [0, 0.05) is 11.8 Å². The third-order valence-corrected chi connectivity index (χ3v) is 4.65. The van der Waals surface area contributed by atoms with Crippen LogP contribution >= 0.6 is 0 Å². The zero-order chi connectivity index (χ0) is 15.7. The minimum absolute atomic E-state index is 0.0560. The van der Waals surface area contributed by atoms with E-state index in [4.69, 9.17) is 4.74 Å². The van der Waals surface area contributed by atoms with E-state index in [9.17, 15) is 14.7 Å². The number of rotatable bonds is 3. The summed E-state index contributed by atoms with van der Waals surface area (Å²) in [7, 11) is 0. The molecule has 0 amide bonds. The minimum atomic E-state index is -0.460. The van der Waals surface area contributed by atoms with E-state index in [1.54, 1.807) is 13.1 Å².